The summed E-state index contributed by atoms with van der Waals surface area (Å²) in [7, 11) is -3.77. The van der Waals surface area contributed by atoms with Crippen LogP contribution in [0.15, 0.2) is 53.4 Å². The average molecular weight is 353 g/mol. The highest BCUT2D eigenvalue weighted by Crippen LogP contribution is 2.22. The number of esters is 1. The van der Waals surface area contributed by atoms with Crippen molar-refractivity contribution < 1.29 is 32.0 Å². The second-order valence-electron chi connectivity index (χ2n) is 4.41. The molecular formula is C15H12FNO6S. The quantitative estimate of drug-likeness (QED) is 0.667. The van der Waals surface area contributed by atoms with Crippen LogP contribution in [0.4, 0.5) is 9.18 Å². The summed E-state index contributed by atoms with van der Waals surface area (Å²) in [5.41, 5.74) is 0.888. The summed E-state index contributed by atoms with van der Waals surface area (Å²) in [6, 6.07) is 10.7. The van der Waals surface area contributed by atoms with Crippen LogP contribution in [0.1, 0.15) is 10.4 Å². The predicted octanol–water partition coefficient (Wildman–Crippen LogP) is 2.09. The molecule has 7 nitrogen and oxygen atoms in total. The zero-order valence-electron chi connectivity index (χ0n) is 12.4. The lowest BCUT2D eigenvalue weighted by atomic mass is 10.2. The van der Waals surface area contributed by atoms with E-state index in [0.717, 1.165) is 25.3 Å². The molecule has 0 saturated heterocycles. The number of nitrogens with one attached hydrogen (secondary N) is 1. The van der Waals surface area contributed by atoms with Crippen molar-refractivity contribution in [3.63, 3.8) is 0 Å². The number of sulfone groups is 1. The molecule has 0 radical (unpaired) electrons. The van der Waals surface area contributed by atoms with E-state index in [1.165, 1.54) is 12.1 Å². The topological polar surface area (TPSA) is 98.8 Å². The van der Waals surface area contributed by atoms with E-state index >= 15 is 0 Å². The Labute approximate surface area is 136 Å². The van der Waals surface area contributed by atoms with Crippen LogP contribution in [-0.4, -0.2) is 26.7 Å². The third kappa shape index (κ3) is 3.51. The highest BCUT2D eigenvalue weighted by atomic mass is 32.2. The molecule has 0 atom stereocenters. The van der Waals surface area contributed by atoms with Crippen LogP contribution in [0.5, 0.6) is 5.75 Å². The minimum atomic E-state index is -4.73. The smallest absolute Gasteiger partial charge is 0.373 e. The number of hydrogen-bond acceptors (Lipinski definition) is 6. The van der Waals surface area contributed by atoms with E-state index in [9.17, 15) is 22.4 Å². The van der Waals surface area contributed by atoms with Gasteiger partial charge in [0.1, 0.15) is 11.4 Å². The predicted molar refractivity (Wildman–Crippen MR) is 80.5 cm³/mol. The summed E-state index contributed by atoms with van der Waals surface area (Å²) in [5, 5.41) is -1.55. The first-order valence-electron chi connectivity index (χ1n) is 6.51. The van der Waals surface area contributed by atoms with Crippen molar-refractivity contribution in [3.8, 4) is 5.75 Å². The fraction of sp³-hybridized carbons (Fsp3) is 0.0667. The number of carbonyl (C=O) groups is 2. The molecule has 24 heavy (non-hydrogen) atoms. The molecule has 2 aromatic rings. The first-order valence-corrected chi connectivity index (χ1v) is 8.00. The molecule has 0 aliphatic heterocycles. The standard InChI is InChI=1S/C15H12FNO6S/c1-22-14(18)13-11(16)8-5-9-12(13)24(20,21)15(19)17-23-10-6-3-2-4-7-10/h2-9H,1H3,(H,17,19). The van der Waals surface area contributed by atoms with Gasteiger partial charge >= 0.3 is 11.2 Å². The van der Waals surface area contributed by atoms with Crippen molar-refractivity contribution in [1.82, 2.24) is 5.48 Å². The summed E-state index contributed by atoms with van der Waals surface area (Å²) in [6.07, 6.45) is 0. The molecule has 0 unspecified atom stereocenters. The lowest BCUT2D eigenvalue weighted by Crippen LogP contribution is -2.33. The number of hydroxylamine groups is 1. The maximum Gasteiger partial charge on any atom is 0.373 e. The highest BCUT2D eigenvalue weighted by molar-refractivity contribution is 8.06. The van der Waals surface area contributed by atoms with E-state index in [1.54, 1.807) is 23.7 Å². The fourth-order valence-corrected chi connectivity index (χ4v) is 2.83. The van der Waals surface area contributed by atoms with Gasteiger partial charge < -0.3 is 9.57 Å². The van der Waals surface area contributed by atoms with Crippen LogP contribution in [-0.2, 0) is 14.6 Å². The van der Waals surface area contributed by atoms with Gasteiger partial charge in [0.25, 0.3) is 9.84 Å². The van der Waals surface area contributed by atoms with Gasteiger partial charge in [0.15, 0.2) is 5.75 Å². The third-order valence-corrected chi connectivity index (χ3v) is 4.38. The second-order valence-corrected chi connectivity index (χ2v) is 6.23. The second kappa shape index (κ2) is 7.09. The summed E-state index contributed by atoms with van der Waals surface area (Å²) in [6.45, 7) is 0. The SMILES string of the molecule is COC(=O)c1c(F)cccc1S(=O)(=O)C(=O)NOc1ccccc1. The maximum atomic E-state index is 13.8. The van der Waals surface area contributed by atoms with Crippen molar-refractivity contribution in [1.29, 1.82) is 0 Å². The lowest BCUT2D eigenvalue weighted by molar-refractivity contribution is 0.0591. The van der Waals surface area contributed by atoms with Gasteiger partial charge in [-0.25, -0.2) is 17.6 Å². The Morgan fingerprint density at radius 2 is 1.71 bits per heavy atom. The number of benzene rings is 2. The number of rotatable bonds is 4. The Balaban J connectivity index is 2.32. The van der Waals surface area contributed by atoms with E-state index in [0.29, 0.717) is 0 Å². The van der Waals surface area contributed by atoms with E-state index in [-0.39, 0.29) is 5.75 Å². The Morgan fingerprint density at radius 3 is 2.33 bits per heavy atom. The van der Waals surface area contributed by atoms with Crippen LogP contribution >= 0.6 is 0 Å². The van der Waals surface area contributed by atoms with Crippen molar-refractivity contribution in [3.05, 3.63) is 59.9 Å². The van der Waals surface area contributed by atoms with Crippen molar-refractivity contribution in [2.75, 3.05) is 7.11 Å². The van der Waals surface area contributed by atoms with Gasteiger partial charge in [0.2, 0.25) is 0 Å². The first-order chi connectivity index (χ1) is 11.4. The molecule has 1 amide bonds. The number of amides is 1. The van der Waals surface area contributed by atoms with Crippen LogP contribution in [0.25, 0.3) is 0 Å². The highest BCUT2D eigenvalue weighted by Gasteiger charge is 2.32. The molecule has 0 aromatic heterocycles. The van der Waals surface area contributed by atoms with Crippen molar-refractivity contribution >= 4 is 21.0 Å². The molecular weight excluding hydrogens is 341 g/mol. The largest absolute Gasteiger partial charge is 0.465 e. The molecule has 1 N–H and O–H groups in total. The van der Waals surface area contributed by atoms with E-state index in [2.05, 4.69) is 4.74 Å². The number of hydrogen-bond donors (Lipinski definition) is 1. The van der Waals surface area contributed by atoms with Gasteiger partial charge in [0.05, 0.1) is 12.0 Å². The summed E-state index contributed by atoms with van der Waals surface area (Å²) >= 11 is 0. The molecule has 0 spiro atoms. The van der Waals surface area contributed by atoms with Crippen LogP contribution in [0.3, 0.4) is 0 Å². The van der Waals surface area contributed by atoms with Gasteiger partial charge in [-0.15, -0.1) is 0 Å². The summed E-state index contributed by atoms with van der Waals surface area (Å²) in [4.78, 5) is 27.6. The Morgan fingerprint density at radius 1 is 1.04 bits per heavy atom. The van der Waals surface area contributed by atoms with Gasteiger partial charge in [0, 0.05) is 0 Å². The number of halogens is 1. The van der Waals surface area contributed by atoms with E-state index in [4.69, 9.17) is 4.84 Å². The van der Waals surface area contributed by atoms with Crippen molar-refractivity contribution in [2.24, 2.45) is 0 Å². The first kappa shape index (κ1) is 17.4. The van der Waals surface area contributed by atoms with Gasteiger partial charge in [-0.2, -0.15) is 5.48 Å². The molecule has 9 heteroatoms. The molecule has 0 fully saturated rings. The van der Waals surface area contributed by atoms with Crippen LogP contribution in [0, 0.1) is 5.82 Å². The normalized spacial score (nSPS) is 10.8. The number of ether oxygens (including phenoxy) is 1. The molecule has 0 bridgehead atoms. The third-order valence-electron chi connectivity index (χ3n) is 2.89. The number of methoxy groups -OCH3 is 1. The molecule has 0 saturated carbocycles. The maximum absolute atomic E-state index is 13.8. The van der Waals surface area contributed by atoms with Gasteiger partial charge in [-0.3, -0.25) is 4.79 Å². The molecule has 0 aliphatic carbocycles. The minimum absolute atomic E-state index is 0.188. The van der Waals surface area contributed by atoms with Crippen LogP contribution in [0.2, 0.25) is 0 Å². The van der Waals surface area contributed by atoms with Gasteiger partial charge in [-0.1, -0.05) is 24.3 Å². The molecule has 0 aliphatic rings. The zero-order chi connectivity index (χ0) is 17.7. The fourth-order valence-electron chi connectivity index (χ4n) is 1.77. The van der Waals surface area contributed by atoms with Crippen LogP contribution < -0.4 is 10.3 Å². The van der Waals surface area contributed by atoms with E-state index < -0.39 is 37.3 Å². The average Bonchev–Trinajstić information content (AvgIpc) is 2.59. The minimum Gasteiger partial charge on any atom is -0.465 e. The Bertz CT molecular complexity index is 867. The zero-order valence-corrected chi connectivity index (χ0v) is 13.2. The molecule has 2 aromatic carbocycles. The molecule has 2 rings (SSSR count). The Hall–Kier alpha value is -2.94. The molecule has 0 heterocycles. The van der Waals surface area contributed by atoms with Crippen molar-refractivity contribution in [2.45, 2.75) is 4.90 Å². The number of para-hydroxylation sites is 1. The summed E-state index contributed by atoms with van der Waals surface area (Å²) in [5.74, 6) is -2.16. The van der Waals surface area contributed by atoms with Gasteiger partial charge in [-0.05, 0) is 24.3 Å². The monoisotopic (exact) mass is 353 g/mol. The van der Waals surface area contributed by atoms with E-state index in [1.807, 2.05) is 0 Å². The lowest BCUT2D eigenvalue weighted by Gasteiger charge is -2.10. The Kier molecular flexibility index (Phi) is 5.14. The summed E-state index contributed by atoms with van der Waals surface area (Å²) < 4.78 is 42.7. The molecule has 126 valence electrons. The number of carbonyl (C=O) groups excluding carboxylic acids is 2.